The minimum atomic E-state index is -0.235. The van der Waals surface area contributed by atoms with Gasteiger partial charge in [-0.05, 0) is 55.8 Å². The second-order valence-electron chi connectivity index (χ2n) is 5.77. The molecule has 1 fully saturated rings. The molecule has 1 saturated heterocycles. The van der Waals surface area contributed by atoms with Gasteiger partial charge in [0, 0.05) is 5.69 Å². The number of methoxy groups -OCH3 is 1. The van der Waals surface area contributed by atoms with E-state index >= 15 is 0 Å². The number of carbonyl (C=O) groups excluding carboxylic acids is 1. The molecular formula is C19H22N2O2. The third kappa shape index (κ3) is 3.71. The van der Waals surface area contributed by atoms with E-state index in [0.29, 0.717) is 0 Å². The van der Waals surface area contributed by atoms with Gasteiger partial charge in [-0.25, -0.2) is 0 Å². The number of nitrogens with zero attached hydrogens (tertiary/aromatic N) is 1. The van der Waals surface area contributed by atoms with Gasteiger partial charge in [0.2, 0.25) is 5.91 Å². The quantitative estimate of drug-likeness (QED) is 0.919. The third-order valence-electron chi connectivity index (χ3n) is 4.23. The predicted octanol–water partition coefficient (Wildman–Crippen LogP) is 3.47. The van der Waals surface area contributed by atoms with Crippen LogP contribution < -0.4 is 10.1 Å². The third-order valence-corrected chi connectivity index (χ3v) is 4.23. The smallest absolute Gasteiger partial charge is 0.246 e. The van der Waals surface area contributed by atoms with Gasteiger partial charge in [-0.1, -0.05) is 30.3 Å². The molecule has 1 N–H and O–H groups in total. The summed E-state index contributed by atoms with van der Waals surface area (Å²) >= 11 is 0. The first kappa shape index (κ1) is 15.6. The molecule has 1 heterocycles. The van der Waals surface area contributed by atoms with E-state index in [2.05, 4.69) is 10.2 Å². The number of rotatable bonds is 5. The van der Waals surface area contributed by atoms with Crippen molar-refractivity contribution in [3.63, 3.8) is 0 Å². The van der Waals surface area contributed by atoms with Crippen molar-refractivity contribution >= 4 is 11.6 Å². The van der Waals surface area contributed by atoms with E-state index in [9.17, 15) is 4.79 Å². The molecule has 1 atom stereocenters. The molecule has 1 amide bonds. The van der Waals surface area contributed by atoms with Crippen molar-refractivity contribution in [2.24, 2.45) is 0 Å². The molecule has 2 aromatic rings. The summed E-state index contributed by atoms with van der Waals surface area (Å²) in [6.45, 7) is 1.94. The fraction of sp³-hybridized carbons (Fsp3) is 0.316. The Morgan fingerprint density at radius 1 is 1.04 bits per heavy atom. The lowest BCUT2D eigenvalue weighted by Gasteiger charge is -2.27. The van der Waals surface area contributed by atoms with Crippen LogP contribution in [0.5, 0.6) is 5.75 Å². The maximum absolute atomic E-state index is 12.9. The average molecular weight is 310 g/mol. The highest BCUT2D eigenvalue weighted by Gasteiger charge is 2.29. The Morgan fingerprint density at radius 2 is 1.70 bits per heavy atom. The van der Waals surface area contributed by atoms with Crippen LogP contribution in [0.2, 0.25) is 0 Å². The van der Waals surface area contributed by atoms with Gasteiger partial charge in [0.05, 0.1) is 7.11 Å². The molecule has 0 bridgehead atoms. The number of carbonyl (C=O) groups is 1. The van der Waals surface area contributed by atoms with Gasteiger partial charge in [0.25, 0.3) is 0 Å². The molecule has 1 unspecified atom stereocenters. The summed E-state index contributed by atoms with van der Waals surface area (Å²) in [5.41, 5.74) is 1.83. The monoisotopic (exact) mass is 310 g/mol. The van der Waals surface area contributed by atoms with Crippen LogP contribution in [-0.4, -0.2) is 31.0 Å². The molecule has 0 saturated carbocycles. The zero-order valence-electron chi connectivity index (χ0n) is 13.4. The van der Waals surface area contributed by atoms with E-state index in [0.717, 1.165) is 42.9 Å². The number of anilines is 1. The molecule has 1 aliphatic rings. The van der Waals surface area contributed by atoms with Crippen LogP contribution in [0.15, 0.2) is 54.6 Å². The number of ether oxygens (including phenoxy) is 1. The lowest BCUT2D eigenvalue weighted by Crippen LogP contribution is -2.35. The standard InChI is InChI=1S/C19H22N2O2/c1-23-17-11-9-16(10-12-17)20-19(22)18(21-13-5-6-14-21)15-7-3-2-4-8-15/h2-4,7-12,18H,5-6,13-14H2,1H3,(H,20,22). The molecule has 1 aliphatic heterocycles. The van der Waals surface area contributed by atoms with Crippen LogP contribution in [0.3, 0.4) is 0 Å². The Morgan fingerprint density at radius 3 is 2.30 bits per heavy atom. The second kappa shape index (κ2) is 7.29. The van der Waals surface area contributed by atoms with Crippen LogP contribution in [0.1, 0.15) is 24.4 Å². The maximum atomic E-state index is 12.9. The Kier molecular flexibility index (Phi) is 4.93. The first-order valence-electron chi connectivity index (χ1n) is 8.02. The Balaban J connectivity index is 1.79. The van der Waals surface area contributed by atoms with Crippen LogP contribution in [-0.2, 0) is 4.79 Å². The van der Waals surface area contributed by atoms with E-state index in [-0.39, 0.29) is 11.9 Å². The highest BCUT2D eigenvalue weighted by molar-refractivity contribution is 5.95. The Hall–Kier alpha value is -2.33. The number of benzene rings is 2. The summed E-state index contributed by atoms with van der Waals surface area (Å²) in [6.07, 6.45) is 2.30. The zero-order chi connectivity index (χ0) is 16.1. The first-order valence-corrected chi connectivity index (χ1v) is 8.02. The summed E-state index contributed by atoms with van der Waals surface area (Å²) in [7, 11) is 1.63. The maximum Gasteiger partial charge on any atom is 0.246 e. The van der Waals surface area contributed by atoms with Crippen molar-refractivity contribution in [3.8, 4) is 5.75 Å². The Bertz CT molecular complexity index is 634. The van der Waals surface area contributed by atoms with Crippen LogP contribution in [0, 0.1) is 0 Å². The normalized spacial score (nSPS) is 16.0. The molecule has 23 heavy (non-hydrogen) atoms. The molecule has 0 radical (unpaired) electrons. The van der Waals surface area contributed by atoms with E-state index in [1.165, 1.54) is 0 Å². The van der Waals surface area contributed by atoms with Crippen molar-refractivity contribution in [1.29, 1.82) is 0 Å². The van der Waals surface area contributed by atoms with Gasteiger partial charge in [-0.2, -0.15) is 0 Å². The molecule has 4 nitrogen and oxygen atoms in total. The SMILES string of the molecule is COc1ccc(NC(=O)C(c2ccccc2)N2CCCC2)cc1. The van der Waals surface area contributed by atoms with Crippen molar-refractivity contribution in [3.05, 3.63) is 60.2 Å². The second-order valence-corrected chi connectivity index (χ2v) is 5.77. The van der Waals surface area contributed by atoms with Gasteiger partial charge in [0.15, 0.2) is 0 Å². The average Bonchev–Trinajstić information content (AvgIpc) is 3.11. The molecular weight excluding hydrogens is 288 g/mol. The minimum absolute atomic E-state index is 0.0169. The predicted molar refractivity (Wildman–Crippen MR) is 91.6 cm³/mol. The molecule has 0 aromatic heterocycles. The summed E-state index contributed by atoms with van der Waals surface area (Å²) < 4.78 is 5.15. The molecule has 4 heteroatoms. The summed E-state index contributed by atoms with van der Waals surface area (Å²) in [5.74, 6) is 0.797. The number of hydrogen-bond donors (Lipinski definition) is 1. The fourth-order valence-electron chi connectivity index (χ4n) is 3.05. The fourth-order valence-corrected chi connectivity index (χ4v) is 3.05. The topological polar surface area (TPSA) is 41.6 Å². The summed E-state index contributed by atoms with van der Waals surface area (Å²) in [4.78, 5) is 15.1. The van der Waals surface area contributed by atoms with E-state index in [1.54, 1.807) is 7.11 Å². The number of nitrogens with one attached hydrogen (secondary N) is 1. The molecule has 120 valence electrons. The largest absolute Gasteiger partial charge is 0.497 e. The van der Waals surface area contributed by atoms with E-state index in [4.69, 9.17) is 4.74 Å². The van der Waals surface area contributed by atoms with Gasteiger partial charge in [0.1, 0.15) is 11.8 Å². The van der Waals surface area contributed by atoms with E-state index < -0.39 is 0 Å². The van der Waals surface area contributed by atoms with Crippen LogP contribution >= 0.6 is 0 Å². The minimum Gasteiger partial charge on any atom is -0.497 e. The zero-order valence-corrected chi connectivity index (χ0v) is 13.4. The van der Waals surface area contributed by atoms with E-state index in [1.807, 2.05) is 54.6 Å². The molecule has 3 rings (SSSR count). The van der Waals surface area contributed by atoms with Gasteiger partial charge < -0.3 is 10.1 Å². The lowest BCUT2D eigenvalue weighted by atomic mass is 10.0. The molecule has 0 aliphatic carbocycles. The summed E-state index contributed by atoms with van der Waals surface area (Å²) in [5, 5.41) is 3.03. The van der Waals surface area contributed by atoms with Gasteiger partial charge in [-0.3, -0.25) is 9.69 Å². The number of likely N-dealkylation sites (tertiary alicyclic amines) is 1. The lowest BCUT2D eigenvalue weighted by molar-refractivity contribution is -0.121. The number of hydrogen-bond acceptors (Lipinski definition) is 3. The van der Waals surface area contributed by atoms with Crippen molar-refractivity contribution in [1.82, 2.24) is 4.90 Å². The van der Waals surface area contributed by atoms with Crippen LogP contribution in [0.25, 0.3) is 0 Å². The molecule has 2 aromatic carbocycles. The highest BCUT2D eigenvalue weighted by atomic mass is 16.5. The van der Waals surface area contributed by atoms with Crippen molar-refractivity contribution in [2.45, 2.75) is 18.9 Å². The van der Waals surface area contributed by atoms with Crippen molar-refractivity contribution in [2.75, 3.05) is 25.5 Å². The Labute approximate surface area is 137 Å². The van der Waals surface area contributed by atoms with Gasteiger partial charge >= 0.3 is 0 Å². The van der Waals surface area contributed by atoms with Crippen molar-refractivity contribution < 1.29 is 9.53 Å². The molecule has 0 spiro atoms. The highest BCUT2D eigenvalue weighted by Crippen LogP contribution is 2.27. The van der Waals surface area contributed by atoms with Gasteiger partial charge in [-0.15, -0.1) is 0 Å². The summed E-state index contributed by atoms with van der Waals surface area (Å²) in [6, 6.07) is 17.2. The number of amides is 1. The van der Waals surface area contributed by atoms with Crippen LogP contribution in [0.4, 0.5) is 5.69 Å². The first-order chi connectivity index (χ1) is 11.3.